The second-order valence-corrected chi connectivity index (χ2v) is 5.11. The summed E-state index contributed by atoms with van der Waals surface area (Å²) in [6, 6.07) is 15.3. The molecule has 2 atom stereocenters. The Bertz CT molecular complexity index is 598. The van der Waals surface area contributed by atoms with E-state index < -0.39 is 6.10 Å². The Labute approximate surface area is 130 Å². The molecule has 0 heterocycles. The van der Waals surface area contributed by atoms with Crippen molar-refractivity contribution in [1.29, 1.82) is 0 Å². The third-order valence-electron chi connectivity index (χ3n) is 3.41. The zero-order chi connectivity index (χ0) is 15.9. The number of hydrogen-bond donors (Lipinski definition) is 1. The van der Waals surface area contributed by atoms with Crippen molar-refractivity contribution in [3.05, 3.63) is 66.0 Å². The SMILES string of the molecule is CCC(Oc1ccc(F)cc1)C(=O)NC(C)c1ccccc1. The maximum atomic E-state index is 12.9. The number of amides is 1. The molecule has 2 rings (SSSR count). The van der Waals surface area contributed by atoms with Crippen LogP contribution in [-0.4, -0.2) is 12.0 Å². The van der Waals surface area contributed by atoms with E-state index >= 15 is 0 Å². The van der Waals surface area contributed by atoms with Gasteiger partial charge in [0.15, 0.2) is 6.10 Å². The number of rotatable bonds is 6. The van der Waals surface area contributed by atoms with Crippen LogP contribution in [-0.2, 0) is 4.79 Å². The van der Waals surface area contributed by atoms with Gasteiger partial charge in [0, 0.05) is 0 Å². The Morgan fingerprint density at radius 1 is 1.14 bits per heavy atom. The summed E-state index contributed by atoms with van der Waals surface area (Å²) in [5.41, 5.74) is 1.03. The van der Waals surface area contributed by atoms with E-state index in [0.29, 0.717) is 12.2 Å². The van der Waals surface area contributed by atoms with Gasteiger partial charge in [-0.3, -0.25) is 4.79 Å². The fourth-order valence-electron chi connectivity index (χ4n) is 2.13. The van der Waals surface area contributed by atoms with Gasteiger partial charge in [0.05, 0.1) is 6.04 Å². The molecule has 0 spiro atoms. The lowest BCUT2D eigenvalue weighted by Crippen LogP contribution is -2.39. The first-order valence-corrected chi connectivity index (χ1v) is 7.37. The van der Waals surface area contributed by atoms with Crippen LogP contribution in [0.15, 0.2) is 54.6 Å². The zero-order valence-corrected chi connectivity index (χ0v) is 12.8. The van der Waals surface area contributed by atoms with E-state index in [1.54, 1.807) is 0 Å². The minimum absolute atomic E-state index is 0.0976. The average Bonchev–Trinajstić information content (AvgIpc) is 2.55. The molecule has 0 saturated carbocycles. The van der Waals surface area contributed by atoms with Crippen molar-refractivity contribution in [2.24, 2.45) is 0 Å². The summed E-state index contributed by atoms with van der Waals surface area (Å²) in [6.45, 7) is 3.80. The van der Waals surface area contributed by atoms with Crippen LogP contribution in [0.3, 0.4) is 0 Å². The number of hydrogen-bond acceptors (Lipinski definition) is 2. The number of carbonyl (C=O) groups excluding carboxylic acids is 1. The molecule has 0 aromatic heterocycles. The molecule has 0 fully saturated rings. The summed E-state index contributed by atoms with van der Waals surface area (Å²) in [4.78, 5) is 12.3. The maximum absolute atomic E-state index is 12.9. The number of benzene rings is 2. The van der Waals surface area contributed by atoms with Gasteiger partial charge in [-0.05, 0) is 43.2 Å². The highest BCUT2D eigenvalue weighted by Crippen LogP contribution is 2.16. The average molecular weight is 301 g/mol. The number of ether oxygens (including phenoxy) is 1. The van der Waals surface area contributed by atoms with E-state index in [4.69, 9.17) is 4.74 Å². The van der Waals surface area contributed by atoms with Crippen LogP contribution in [0.2, 0.25) is 0 Å². The lowest BCUT2D eigenvalue weighted by Gasteiger charge is -2.20. The van der Waals surface area contributed by atoms with E-state index in [9.17, 15) is 9.18 Å². The fraction of sp³-hybridized carbons (Fsp3) is 0.278. The molecule has 0 saturated heterocycles. The lowest BCUT2D eigenvalue weighted by molar-refractivity contribution is -0.128. The van der Waals surface area contributed by atoms with Crippen molar-refractivity contribution in [2.75, 3.05) is 0 Å². The fourth-order valence-corrected chi connectivity index (χ4v) is 2.13. The van der Waals surface area contributed by atoms with Crippen LogP contribution in [0, 0.1) is 5.82 Å². The van der Waals surface area contributed by atoms with Gasteiger partial charge in [-0.15, -0.1) is 0 Å². The molecule has 0 aliphatic heterocycles. The quantitative estimate of drug-likeness (QED) is 0.880. The number of halogens is 1. The van der Waals surface area contributed by atoms with E-state index in [0.717, 1.165) is 5.56 Å². The number of nitrogens with one attached hydrogen (secondary N) is 1. The Morgan fingerprint density at radius 2 is 1.77 bits per heavy atom. The highest BCUT2D eigenvalue weighted by Gasteiger charge is 2.20. The van der Waals surface area contributed by atoms with Gasteiger partial charge in [-0.25, -0.2) is 4.39 Å². The van der Waals surface area contributed by atoms with E-state index in [-0.39, 0.29) is 17.8 Å². The van der Waals surface area contributed by atoms with Crippen molar-refractivity contribution in [3.8, 4) is 5.75 Å². The van der Waals surface area contributed by atoms with Gasteiger partial charge >= 0.3 is 0 Å². The molecule has 2 aromatic carbocycles. The molecule has 1 N–H and O–H groups in total. The number of carbonyl (C=O) groups is 1. The van der Waals surface area contributed by atoms with Crippen LogP contribution in [0.4, 0.5) is 4.39 Å². The molecule has 22 heavy (non-hydrogen) atoms. The van der Waals surface area contributed by atoms with Crippen LogP contribution in [0.25, 0.3) is 0 Å². The van der Waals surface area contributed by atoms with Crippen molar-refractivity contribution in [1.82, 2.24) is 5.32 Å². The smallest absolute Gasteiger partial charge is 0.261 e. The third kappa shape index (κ3) is 4.32. The molecular formula is C18H20FNO2. The van der Waals surface area contributed by atoms with Gasteiger partial charge in [-0.1, -0.05) is 37.3 Å². The third-order valence-corrected chi connectivity index (χ3v) is 3.41. The van der Waals surface area contributed by atoms with Crippen LogP contribution in [0.5, 0.6) is 5.75 Å². The molecular weight excluding hydrogens is 281 g/mol. The van der Waals surface area contributed by atoms with Gasteiger partial charge in [0.1, 0.15) is 11.6 Å². The van der Waals surface area contributed by atoms with Crippen LogP contribution in [0.1, 0.15) is 31.9 Å². The monoisotopic (exact) mass is 301 g/mol. The summed E-state index contributed by atoms with van der Waals surface area (Å²) in [6.07, 6.45) is -0.0679. The van der Waals surface area contributed by atoms with Crippen LogP contribution >= 0.6 is 0 Å². The first-order valence-electron chi connectivity index (χ1n) is 7.37. The highest BCUT2D eigenvalue weighted by atomic mass is 19.1. The predicted octanol–water partition coefficient (Wildman–Crippen LogP) is 3.86. The minimum atomic E-state index is -0.600. The summed E-state index contributed by atoms with van der Waals surface area (Å²) < 4.78 is 18.5. The molecule has 0 aliphatic carbocycles. The Kier molecular flexibility index (Phi) is 5.53. The molecule has 0 bridgehead atoms. The molecule has 1 amide bonds. The largest absolute Gasteiger partial charge is 0.481 e. The van der Waals surface area contributed by atoms with E-state index in [2.05, 4.69) is 5.32 Å². The van der Waals surface area contributed by atoms with Gasteiger partial charge < -0.3 is 10.1 Å². The summed E-state index contributed by atoms with van der Waals surface area (Å²) in [7, 11) is 0. The van der Waals surface area contributed by atoms with Gasteiger partial charge in [0.25, 0.3) is 5.91 Å². The summed E-state index contributed by atoms with van der Waals surface area (Å²) >= 11 is 0. The van der Waals surface area contributed by atoms with Gasteiger partial charge in [-0.2, -0.15) is 0 Å². The zero-order valence-electron chi connectivity index (χ0n) is 12.8. The molecule has 0 aliphatic rings. The molecule has 4 heteroatoms. The Hall–Kier alpha value is -2.36. The summed E-state index contributed by atoms with van der Waals surface area (Å²) in [5, 5.41) is 2.94. The van der Waals surface area contributed by atoms with Crippen molar-refractivity contribution >= 4 is 5.91 Å². The van der Waals surface area contributed by atoms with Gasteiger partial charge in [0.2, 0.25) is 0 Å². The lowest BCUT2D eigenvalue weighted by atomic mass is 10.1. The maximum Gasteiger partial charge on any atom is 0.261 e. The standard InChI is InChI=1S/C18H20FNO2/c1-3-17(22-16-11-9-15(19)10-12-16)18(21)20-13(2)14-7-5-4-6-8-14/h4-13,17H,3H2,1-2H3,(H,20,21). The normalized spacial score (nSPS) is 13.2. The first-order chi connectivity index (χ1) is 10.6. The first kappa shape index (κ1) is 16.0. The summed E-state index contributed by atoms with van der Waals surface area (Å²) in [5.74, 6) is -0.0264. The van der Waals surface area contributed by atoms with Crippen molar-refractivity contribution < 1.29 is 13.9 Å². The second kappa shape index (κ2) is 7.59. The Morgan fingerprint density at radius 3 is 2.36 bits per heavy atom. The van der Waals surface area contributed by atoms with Crippen LogP contribution < -0.4 is 10.1 Å². The predicted molar refractivity (Wildman–Crippen MR) is 84.1 cm³/mol. The van der Waals surface area contributed by atoms with E-state index in [1.807, 2.05) is 44.2 Å². The van der Waals surface area contributed by atoms with Crippen molar-refractivity contribution in [2.45, 2.75) is 32.4 Å². The minimum Gasteiger partial charge on any atom is -0.481 e. The highest BCUT2D eigenvalue weighted by molar-refractivity contribution is 5.81. The van der Waals surface area contributed by atoms with E-state index in [1.165, 1.54) is 24.3 Å². The second-order valence-electron chi connectivity index (χ2n) is 5.11. The topological polar surface area (TPSA) is 38.3 Å². The van der Waals surface area contributed by atoms with Crippen molar-refractivity contribution in [3.63, 3.8) is 0 Å². The molecule has 2 unspecified atom stereocenters. The molecule has 0 radical (unpaired) electrons. The molecule has 3 nitrogen and oxygen atoms in total. The Balaban J connectivity index is 1.98. The molecule has 2 aromatic rings. The molecule has 116 valence electrons.